The van der Waals surface area contributed by atoms with Crippen molar-refractivity contribution in [2.45, 2.75) is 18.9 Å². The molecule has 1 unspecified atom stereocenters. The summed E-state index contributed by atoms with van der Waals surface area (Å²) in [5.41, 5.74) is 10.2. The average Bonchev–Trinajstić information content (AvgIpc) is 2.10. The fraction of sp³-hybridized carbons (Fsp3) is 0.667. The zero-order chi connectivity index (χ0) is 13.1. The van der Waals surface area contributed by atoms with E-state index < -0.39 is 17.1 Å². The summed E-state index contributed by atoms with van der Waals surface area (Å²) < 4.78 is 0. The molecule has 0 fully saturated rings. The number of rotatable bonds is 5. The second kappa shape index (κ2) is 9.45. The van der Waals surface area contributed by atoms with E-state index in [2.05, 4.69) is 5.32 Å². The molecule has 0 aliphatic heterocycles. The van der Waals surface area contributed by atoms with Gasteiger partial charge in [-0.25, -0.2) is 0 Å². The largest absolute Gasteiger partial charge is 0.480 e. The van der Waals surface area contributed by atoms with Gasteiger partial charge in [0.25, 0.3) is 5.09 Å². The Morgan fingerprint density at radius 2 is 2.06 bits per heavy atom. The molecule has 0 aromatic carbocycles. The van der Waals surface area contributed by atoms with Crippen LogP contribution in [0.25, 0.3) is 0 Å². The molecule has 10 heteroatoms. The number of hydrogen-bond acceptors (Lipinski definition) is 5. The van der Waals surface area contributed by atoms with Crippen LogP contribution in [-0.2, 0) is 4.79 Å². The molecule has 0 saturated heterocycles. The van der Waals surface area contributed by atoms with Crippen LogP contribution in [0.1, 0.15) is 12.8 Å². The molecule has 1 atom stereocenters. The normalized spacial score (nSPS) is 10.6. The van der Waals surface area contributed by atoms with Gasteiger partial charge in [-0.05, 0) is 12.8 Å². The highest BCUT2D eigenvalue weighted by Gasteiger charge is 2.09. The van der Waals surface area contributed by atoms with Gasteiger partial charge in [0.15, 0.2) is 5.96 Å². The first-order valence-corrected chi connectivity index (χ1v) is 4.17. The lowest BCUT2D eigenvalue weighted by Crippen LogP contribution is -2.34. The highest BCUT2D eigenvalue weighted by atomic mass is 16.9. The van der Waals surface area contributed by atoms with Crippen molar-refractivity contribution >= 4 is 11.9 Å². The topological polar surface area (TPSA) is 189 Å². The fourth-order valence-corrected chi connectivity index (χ4v) is 0.669. The van der Waals surface area contributed by atoms with Crippen LogP contribution in [0.3, 0.4) is 0 Å². The van der Waals surface area contributed by atoms with Gasteiger partial charge < -0.3 is 27.1 Å². The van der Waals surface area contributed by atoms with Crippen LogP contribution < -0.4 is 16.8 Å². The van der Waals surface area contributed by atoms with Gasteiger partial charge in [0.05, 0.1) is 0 Å². The van der Waals surface area contributed by atoms with Crippen LogP contribution in [0.2, 0.25) is 0 Å². The first kappa shape index (κ1) is 16.3. The van der Waals surface area contributed by atoms with Gasteiger partial charge in [-0.1, -0.05) is 0 Å². The van der Waals surface area contributed by atoms with E-state index in [1.54, 1.807) is 0 Å². The molecule has 94 valence electrons. The van der Waals surface area contributed by atoms with Crippen molar-refractivity contribution in [1.29, 1.82) is 5.41 Å². The standard InChI is InChI=1S/C6H14N4O2.HNO3/c7-4(5(11)12)2-1-3-10-6(8)9;2-1(3)4/h4H,1-3,7H2,(H,11,12)(H4,8,9,10);(H,2,3,4). The third kappa shape index (κ3) is 17.8. The molecular weight excluding hydrogens is 222 g/mol. The maximum absolute atomic E-state index is 10.2. The predicted molar refractivity (Wildman–Crippen MR) is 53.5 cm³/mol. The maximum atomic E-state index is 10.2. The summed E-state index contributed by atoms with van der Waals surface area (Å²) in [5, 5.41) is 31.4. The molecule has 8 N–H and O–H groups in total. The van der Waals surface area contributed by atoms with Gasteiger partial charge in [0.1, 0.15) is 6.04 Å². The SMILES string of the molecule is N=C(N)NCCCC(N)C(=O)O.O=[N+]([O-])O. The quantitative estimate of drug-likeness (QED) is 0.107. The summed E-state index contributed by atoms with van der Waals surface area (Å²) in [6.07, 6.45) is 0.975. The van der Waals surface area contributed by atoms with Crippen LogP contribution in [0, 0.1) is 15.5 Å². The van der Waals surface area contributed by atoms with Crippen LogP contribution in [-0.4, -0.2) is 39.9 Å². The number of aliphatic carboxylic acids is 1. The Bertz CT molecular complexity index is 241. The molecule has 0 bridgehead atoms. The second-order valence-corrected chi connectivity index (χ2v) is 2.67. The fourth-order valence-electron chi connectivity index (χ4n) is 0.669. The summed E-state index contributed by atoms with van der Waals surface area (Å²) in [5.74, 6) is -1.11. The minimum absolute atomic E-state index is 0.112. The smallest absolute Gasteiger partial charge is 0.320 e. The Balaban J connectivity index is 0. The van der Waals surface area contributed by atoms with E-state index in [9.17, 15) is 4.79 Å². The number of nitrogens with two attached hydrogens (primary N) is 2. The molecule has 0 aromatic heterocycles. The number of carbonyl (C=O) groups is 1. The molecule has 0 aliphatic rings. The van der Waals surface area contributed by atoms with Crippen molar-refractivity contribution in [3.8, 4) is 0 Å². The van der Waals surface area contributed by atoms with E-state index in [0.29, 0.717) is 19.4 Å². The van der Waals surface area contributed by atoms with Gasteiger partial charge in [-0.3, -0.25) is 10.2 Å². The summed E-state index contributed by atoms with van der Waals surface area (Å²) in [7, 11) is 0. The molecular formula is C6H15N5O5. The van der Waals surface area contributed by atoms with Gasteiger partial charge in [0, 0.05) is 6.54 Å². The third-order valence-electron chi connectivity index (χ3n) is 1.32. The van der Waals surface area contributed by atoms with Crippen molar-refractivity contribution in [3.05, 3.63) is 10.1 Å². The second-order valence-electron chi connectivity index (χ2n) is 2.67. The maximum Gasteiger partial charge on any atom is 0.320 e. The molecule has 16 heavy (non-hydrogen) atoms. The van der Waals surface area contributed by atoms with Crippen molar-refractivity contribution < 1.29 is 20.2 Å². The molecule has 0 rings (SSSR count). The minimum Gasteiger partial charge on any atom is -0.480 e. The number of carboxylic acid groups (broad SMARTS) is 1. The van der Waals surface area contributed by atoms with E-state index in [-0.39, 0.29) is 5.96 Å². The van der Waals surface area contributed by atoms with Gasteiger partial charge >= 0.3 is 5.97 Å². The first-order chi connectivity index (χ1) is 7.27. The predicted octanol–water partition coefficient (Wildman–Crippen LogP) is -1.69. The Kier molecular flexibility index (Phi) is 9.65. The van der Waals surface area contributed by atoms with Gasteiger partial charge in [-0.15, -0.1) is 10.1 Å². The van der Waals surface area contributed by atoms with E-state index in [1.807, 2.05) is 0 Å². The van der Waals surface area contributed by atoms with Gasteiger partial charge in [0.2, 0.25) is 0 Å². The Morgan fingerprint density at radius 1 is 1.62 bits per heavy atom. The van der Waals surface area contributed by atoms with Crippen molar-refractivity contribution in [2.24, 2.45) is 11.5 Å². The summed E-state index contributed by atoms with van der Waals surface area (Å²) in [4.78, 5) is 18.6. The highest BCUT2D eigenvalue weighted by molar-refractivity contribution is 5.74. The van der Waals surface area contributed by atoms with Crippen molar-refractivity contribution in [2.75, 3.05) is 6.54 Å². The number of carboxylic acids is 1. The number of hydrogen-bond donors (Lipinski definition) is 6. The lowest BCUT2D eigenvalue weighted by Gasteiger charge is -2.06. The third-order valence-corrected chi connectivity index (χ3v) is 1.32. The minimum atomic E-state index is -1.50. The molecule has 0 aliphatic carbocycles. The van der Waals surface area contributed by atoms with Crippen LogP contribution >= 0.6 is 0 Å². The zero-order valence-electron chi connectivity index (χ0n) is 8.42. The molecule has 0 saturated carbocycles. The summed E-state index contributed by atoms with van der Waals surface area (Å²) >= 11 is 0. The number of nitrogens with zero attached hydrogens (tertiary/aromatic N) is 1. The van der Waals surface area contributed by atoms with Crippen LogP contribution in [0.4, 0.5) is 0 Å². The van der Waals surface area contributed by atoms with E-state index >= 15 is 0 Å². The monoisotopic (exact) mass is 237 g/mol. The molecule has 10 nitrogen and oxygen atoms in total. The van der Waals surface area contributed by atoms with E-state index in [4.69, 9.17) is 37.3 Å². The van der Waals surface area contributed by atoms with E-state index in [1.165, 1.54) is 0 Å². The van der Waals surface area contributed by atoms with Gasteiger partial charge in [-0.2, -0.15) is 0 Å². The molecule has 0 amide bonds. The summed E-state index contributed by atoms with van der Waals surface area (Å²) in [6, 6.07) is -0.821. The van der Waals surface area contributed by atoms with Crippen molar-refractivity contribution in [1.82, 2.24) is 5.32 Å². The molecule has 0 heterocycles. The Labute approximate surface area is 90.8 Å². The van der Waals surface area contributed by atoms with Crippen LogP contribution in [0.5, 0.6) is 0 Å². The van der Waals surface area contributed by atoms with E-state index in [0.717, 1.165) is 0 Å². The molecule has 0 aromatic rings. The molecule has 0 radical (unpaired) electrons. The lowest BCUT2D eigenvalue weighted by atomic mass is 10.2. The lowest BCUT2D eigenvalue weighted by molar-refractivity contribution is -0.742. The summed E-state index contributed by atoms with van der Waals surface area (Å²) in [6.45, 7) is 0.482. The Hall–Kier alpha value is -2.10. The Morgan fingerprint density at radius 3 is 2.38 bits per heavy atom. The molecule has 0 spiro atoms. The average molecular weight is 237 g/mol. The van der Waals surface area contributed by atoms with Crippen LogP contribution in [0.15, 0.2) is 0 Å². The number of nitrogens with one attached hydrogen (secondary N) is 2. The first-order valence-electron chi connectivity index (χ1n) is 4.17. The van der Waals surface area contributed by atoms with Crippen molar-refractivity contribution in [3.63, 3.8) is 0 Å². The zero-order valence-corrected chi connectivity index (χ0v) is 8.42. The highest BCUT2D eigenvalue weighted by Crippen LogP contribution is 1.92. The number of guanidine groups is 1.